The van der Waals surface area contributed by atoms with Crippen LogP contribution in [0, 0.1) is 17.8 Å². The van der Waals surface area contributed by atoms with Crippen molar-refractivity contribution in [1.82, 2.24) is 20.4 Å². The van der Waals surface area contributed by atoms with E-state index in [4.69, 9.17) is 51.8 Å². The molecule has 456 valence electrons. The van der Waals surface area contributed by atoms with Gasteiger partial charge in [0.2, 0.25) is 5.75 Å². The van der Waals surface area contributed by atoms with E-state index in [9.17, 15) is 33.6 Å². The van der Waals surface area contributed by atoms with Gasteiger partial charge in [0.05, 0.1) is 34.0 Å². The van der Waals surface area contributed by atoms with E-state index in [0.717, 1.165) is 0 Å². The van der Waals surface area contributed by atoms with Crippen molar-refractivity contribution >= 4 is 74.3 Å². The second-order valence-corrected chi connectivity index (χ2v) is 24.5. The van der Waals surface area contributed by atoms with Gasteiger partial charge in [-0.05, 0) is 135 Å². The van der Waals surface area contributed by atoms with Crippen LogP contribution in [0.15, 0.2) is 57.9 Å². The number of nitrogens with zero attached hydrogens (tertiary/aromatic N) is 1. The van der Waals surface area contributed by atoms with E-state index < -0.39 is 76.7 Å². The number of hydrogen-bond acceptors (Lipinski definition) is 18. The molecule has 6 aromatic rings. The third-order valence-corrected chi connectivity index (χ3v) is 12.6. The van der Waals surface area contributed by atoms with Crippen LogP contribution in [0.5, 0.6) is 40.2 Å². The molecule has 0 fully saturated rings. The predicted molar refractivity (Wildman–Crippen MR) is 315 cm³/mol. The fourth-order valence-electron chi connectivity index (χ4n) is 9.39. The normalized spacial score (nSPS) is 13.1. The third-order valence-electron chi connectivity index (χ3n) is 12.6. The van der Waals surface area contributed by atoms with E-state index in [0.29, 0.717) is 27.4 Å². The lowest BCUT2D eigenvalue weighted by atomic mass is 9.97. The molecular formula is C62H80N4O18. The summed E-state index contributed by atoms with van der Waals surface area (Å²) in [6, 6.07) is 7.40. The van der Waals surface area contributed by atoms with Crippen molar-refractivity contribution < 1.29 is 80.6 Å². The quantitative estimate of drug-likeness (QED) is 0.0277. The molecule has 22 nitrogen and oxygen atoms in total. The van der Waals surface area contributed by atoms with Gasteiger partial charge < -0.3 is 72.1 Å². The molecule has 0 spiro atoms. The minimum atomic E-state index is -1.19. The molecule has 0 aliphatic rings. The first-order valence-electron chi connectivity index (χ1n) is 27.7. The Balaban J connectivity index is 1.65. The van der Waals surface area contributed by atoms with Crippen molar-refractivity contribution in [1.29, 1.82) is 0 Å². The molecule has 0 radical (unpaired) electrons. The summed E-state index contributed by atoms with van der Waals surface area (Å²) in [7, 11) is 5.51. The molecule has 3 aromatic carbocycles. The highest BCUT2D eigenvalue weighted by Crippen LogP contribution is 2.50. The summed E-state index contributed by atoms with van der Waals surface area (Å²) in [4.78, 5) is 96.4. The largest absolute Gasteiger partial charge is 0.493 e. The molecule has 0 saturated carbocycles. The number of amides is 3. The lowest BCUT2D eigenvalue weighted by molar-refractivity contribution is -0.138. The highest BCUT2D eigenvalue weighted by molar-refractivity contribution is 6.22. The molecule has 3 amide bonds. The minimum absolute atomic E-state index is 0.0188. The lowest BCUT2D eigenvalue weighted by Crippen LogP contribution is -2.45. The van der Waals surface area contributed by atoms with Crippen LogP contribution in [0.2, 0.25) is 0 Å². The second-order valence-electron chi connectivity index (χ2n) is 24.5. The fourth-order valence-corrected chi connectivity index (χ4v) is 9.39. The average Bonchev–Trinajstić information content (AvgIpc) is 2.33. The van der Waals surface area contributed by atoms with Gasteiger partial charge in [-0.2, -0.15) is 0 Å². The molecule has 0 bridgehead atoms. The average molecular weight is 1170 g/mol. The molecule has 84 heavy (non-hydrogen) atoms. The molecule has 0 unspecified atom stereocenters. The maximum Gasteiger partial charge on any atom is 0.408 e. The molecule has 0 aliphatic carbocycles. The van der Waals surface area contributed by atoms with E-state index in [-0.39, 0.29) is 99.1 Å². The number of methoxy groups -OCH3 is 4. The Morgan fingerprint density at radius 1 is 0.488 bits per heavy atom. The number of pyridine rings is 1. The van der Waals surface area contributed by atoms with Crippen molar-refractivity contribution in [3.8, 4) is 51.4 Å². The number of ether oxygens (including phenoxy) is 10. The van der Waals surface area contributed by atoms with Crippen LogP contribution < -0.4 is 54.7 Å². The lowest BCUT2D eigenvalue weighted by Gasteiger charge is -2.24. The van der Waals surface area contributed by atoms with Crippen LogP contribution >= 0.6 is 0 Å². The smallest absolute Gasteiger partial charge is 0.408 e. The number of carbonyl (C=O) groups is 6. The monoisotopic (exact) mass is 1170 g/mol. The maximum absolute atomic E-state index is 14.8. The van der Waals surface area contributed by atoms with Gasteiger partial charge in [0.25, 0.3) is 0 Å². The van der Waals surface area contributed by atoms with Crippen molar-refractivity contribution in [2.24, 2.45) is 17.8 Å². The topological polar surface area (TPSA) is 265 Å². The van der Waals surface area contributed by atoms with Gasteiger partial charge in [-0.25, -0.2) is 33.6 Å². The number of benzene rings is 3. The Bertz CT molecular complexity index is 3520. The van der Waals surface area contributed by atoms with E-state index in [1.807, 2.05) is 41.5 Å². The number of esters is 3. The number of rotatable bonds is 20. The SMILES string of the molecule is COc1cc(-c2c3c4cc(OC)c(OC(=O)[C@H](CC(C)C)NC(=O)OC(C)(C)C)cc4oc(=O)c3n3ccc4c(OC(=O)[C@H](CC(C)C)NC(=O)OC(C)(C)C)c(OC)c(OC)cc4c23)ccc1OC(=O)[C@H](CC(C)C)NC(=O)OC(C)(C)C. The van der Waals surface area contributed by atoms with Crippen molar-refractivity contribution in [3.05, 3.63) is 59.1 Å². The van der Waals surface area contributed by atoms with E-state index >= 15 is 0 Å². The van der Waals surface area contributed by atoms with Crippen LogP contribution in [0.1, 0.15) is 123 Å². The number of aromatic nitrogens is 1. The molecule has 6 rings (SSSR count). The first-order chi connectivity index (χ1) is 39.1. The Hall–Kier alpha value is -8.43. The Morgan fingerprint density at radius 3 is 1.37 bits per heavy atom. The Morgan fingerprint density at radius 2 is 0.929 bits per heavy atom. The highest BCUT2D eigenvalue weighted by atomic mass is 16.6. The predicted octanol–water partition coefficient (Wildman–Crippen LogP) is 11.6. The van der Waals surface area contributed by atoms with Gasteiger partial charge in [-0.3, -0.25) is 0 Å². The number of hydrogen-bond donors (Lipinski definition) is 3. The van der Waals surface area contributed by atoms with E-state index in [2.05, 4.69) is 16.0 Å². The highest BCUT2D eigenvalue weighted by Gasteiger charge is 2.34. The summed E-state index contributed by atoms with van der Waals surface area (Å²) in [5.74, 6) is -2.73. The summed E-state index contributed by atoms with van der Waals surface area (Å²) in [5, 5.41) is 9.13. The summed E-state index contributed by atoms with van der Waals surface area (Å²) < 4.78 is 66.0. The van der Waals surface area contributed by atoms with Crippen LogP contribution in [-0.2, 0) is 28.6 Å². The Labute approximate surface area is 488 Å². The minimum Gasteiger partial charge on any atom is -0.493 e. The van der Waals surface area contributed by atoms with Crippen LogP contribution in [0.3, 0.4) is 0 Å². The van der Waals surface area contributed by atoms with Gasteiger partial charge in [-0.15, -0.1) is 0 Å². The summed E-state index contributed by atoms with van der Waals surface area (Å²) in [5.41, 5.74) is -2.38. The van der Waals surface area contributed by atoms with Crippen LogP contribution in [-0.4, -0.2) is 104 Å². The zero-order chi connectivity index (χ0) is 62.5. The van der Waals surface area contributed by atoms with Crippen molar-refractivity contribution in [2.45, 2.75) is 158 Å². The fraction of sp³-hybridized carbons (Fsp3) is 0.500. The first kappa shape index (κ1) is 64.7. The van der Waals surface area contributed by atoms with Gasteiger partial charge in [0.15, 0.2) is 34.5 Å². The molecule has 0 aliphatic heterocycles. The molecule has 3 N–H and O–H groups in total. The van der Waals surface area contributed by atoms with Gasteiger partial charge in [0.1, 0.15) is 46.0 Å². The number of carbonyl (C=O) groups excluding carboxylic acids is 6. The molecule has 22 heteroatoms. The molecular weight excluding hydrogens is 1090 g/mol. The van der Waals surface area contributed by atoms with Gasteiger partial charge >= 0.3 is 41.8 Å². The molecule has 0 saturated heterocycles. The van der Waals surface area contributed by atoms with Crippen molar-refractivity contribution in [3.63, 3.8) is 0 Å². The maximum atomic E-state index is 14.8. The number of nitrogens with one attached hydrogen (secondary N) is 3. The standard InChI is InChI=1S/C62H80N4O18/c1-31(2)24-38(63-57(71)82-60(7,8)9)53(67)78-41-21-20-34(27-43(41)74-16)47-48-37-29-44(75-17)45(80-54(68)39(25-32(3)4)64-58(72)83-61(10,11)12)30-42(37)79-56(70)50(48)66-23-22-35-36(49(47)66)28-46(76-18)52(77-19)51(35)81-55(69)40(26-33(5)6)65-59(73)84-62(13,14)15/h20-23,27-33,38-40H,24-26H2,1-19H3,(H,63,71)(H,64,72)(H,65,73)/t38-,39-,40-/m0/s1. The summed E-state index contributed by atoms with van der Waals surface area (Å²) in [6.45, 7) is 26.6. The van der Waals surface area contributed by atoms with Crippen LogP contribution in [0.4, 0.5) is 14.4 Å². The van der Waals surface area contributed by atoms with Gasteiger partial charge in [0, 0.05) is 39.4 Å². The molecule has 3 heterocycles. The molecule has 3 aromatic heterocycles. The zero-order valence-corrected chi connectivity index (χ0v) is 51.5. The number of alkyl carbamates (subject to hydrolysis) is 3. The third kappa shape index (κ3) is 15.8. The van der Waals surface area contributed by atoms with E-state index in [1.165, 1.54) is 46.6 Å². The van der Waals surface area contributed by atoms with Gasteiger partial charge in [-0.1, -0.05) is 47.6 Å². The van der Waals surface area contributed by atoms with Crippen molar-refractivity contribution in [2.75, 3.05) is 28.4 Å². The summed E-state index contributed by atoms with van der Waals surface area (Å²) >= 11 is 0. The zero-order valence-electron chi connectivity index (χ0n) is 51.5. The first-order valence-corrected chi connectivity index (χ1v) is 27.7. The van der Waals surface area contributed by atoms with E-state index in [1.54, 1.807) is 97.2 Å². The van der Waals surface area contributed by atoms with Crippen LogP contribution in [0.25, 0.3) is 49.3 Å². The molecule has 3 atom stereocenters. The Kier molecular flexibility index (Phi) is 20.0. The second kappa shape index (κ2) is 26.0. The summed E-state index contributed by atoms with van der Waals surface area (Å²) in [6.07, 6.45) is -0.329. The number of fused-ring (bicyclic) bond motifs is 7.